The van der Waals surface area contributed by atoms with Crippen LogP contribution in [0.5, 0.6) is 11.5 Å². The molecular weight excluding hydrogens is 438 g/mol. The van der Waals surface area contributed by atoms with Crippen LogP contribution in [-0.4, -0.2) is 51.2 Å². The second kappa shape index (κ2) is 10.6. The highest BCUT2D eigenvalue weighted by molar-refractivity contribution is 6.32. The Labute approximate surface area is 199 Å². The van der Waals surface area contributed by atoms with Crippen molar-refractivity contribution in [1.29, 1.82) is 0 Å². The molecule has 1 fully saturated rings. The van der Waals surface area contributed by atoms with E-state index >= 15 is 0 Å². The molecule has 0 unspecified atom stereocenters. The second-order valence-corrected chi connectivity index (χ2v) is 8.34. The third-order valence-electron chi connectivity index (χ3n) is 5.83. The number of para-hydroxylation sites is 2. The molecule has 0 spiro atoms. The molecule has 0 aliphatic carbocycles. The molecule has 172 valence electrons. The average Bonchev–Trinajstić information content (AvgIpc) is 2.85. The smallest absolute Gasteiger partial charge is 0.255 e. The third-order valence-corrected chi connectivity index (χ3v) is 6.13. The lowest BCUT2D eigenvalue weighted by Crippen LogP contribution is -2.46. The van der Waals surface area contributed by atoms with Crippen LogP contribution < -0.4 is 19.7 Å². The third kappa shape index (κ3) is 5.59. The lowest BCUT2D eigenvalue weighted by molar-refractivity contribution is 0.102. The van der Waals surface area contributed by atoms with Gasteiger partial charge in [-0.05, 0) is 48.0 Å². The Hall–Kier alpha value is -3.22. The van der Waals surface area contributed by atoms with Crippen LogP contribution in [0.3, 0.4) is 0 Å². The summed E-state index contributed by atoms with van der Waals surface area (Å²) in [5.41, 5.74) is 3.56. The predicted molar refractivity (Wildman–Crippen MR) is 133 cm³/mol. The first kappa shape index (κ1) is 23.0. The van der Waals surface area contributed by atoms with Gasteiger partial charge in [-0.1, -0.05) is 35.9 Å². The first-order chi connectivity index (χ1) is 16.1. The summed E-state index contributed by atoms with van der Waals surface area (Å²) < 4.78 is 10.7. The SMILES string of the molecule is COc1ccc(NC(=O)c2ccc(CN3CCN(c4ccccc4OC)CC3)cc2)cc1Cl. The van der Waals surface area contributed by atoms with E-state index in [1.165, 1.54) is 5.56 Å². The van der Waals surface area contributed by atoms with E-state index in [4.69, 9.17) is 21.1 Å². The number of ether oxygens (including phenoxy) is 2. The Morgan fingerprint density at radius 2 is 1.61 bits per heavy atom. The molecule has 1 saturated heterocycles. The maximum atomic E-state index is 12.6. The van der Waals surface area contributed by atoms with E-state index in [1.807, 2.05) is 42.5 Å². The maximum absolute atomic E-state index is 12.6. The minimum atomic E-state index is -0.173. The molecule has 1 aliphatic rings. The van der Waals surface area contributed by atoms with Gasteiger partial charge in [-0.25, -0.2) is 0 Å². The van der Waals surface area contributed by atoms with Gasteiger partial charge in [0.25, 0.3) is 5.91 Å². The number of methoxy groups -OCH3 is 2. The Morgan fingerprint density at radius 1 is 0.909 bits per heavy atom. The molecule has 7 heteroatoms. The average molecular weight is 466 g/mol. The molecule has 0 saturated carbocycles. The van der Waals surface area contributed by atoms with Crippen molar-refractivity contribution in [2.45, 2.75) is 6.54 Å². The van der Waals surface area contributed by atoms with E-state index < -0.39 is 0 Å². The topological polar surface area (TPSA) is 54.0 Å². The highest BCUT2D eigenvalue weighted by Gasteiger charge is 2.19. The van der Waals surface area contributed by atoms with Gasteiger partial charge in [-0.2, -0.15) is 0 Å². The summed E-state index contributed by atoms with van der Waals surface area (Å²) in [5, 5.41) is 3.33. The highest BCUT2D eigenvalue weighted by Crippen LogP contribution is 2.29. The van der Waals surface area contributed by atoms with E-state index in [1.54, 1.807) is 32.4 Å². The van der Waals surface area contributed by atoms with E-state index in [9.17, 15) is 4.79 Å². The van der Waals surface area contributed by atoms with E-state index in [0.717, 1.165) is 44.2 Å². The first-order valence-electron chi connectivity index (χ1n) is 10.9. The second-order valence-electron chi connectivity index (χ2n) is 7.94. The van der Waals surface area contributed by atoms with Crippen molar-refractivity contribution >= 4 is 28.9 Å². The van der Waals surface area contributed by atoms with Gasteiger partial charge in [-0.3, -0.25) is 9.69 Å². The van der Waals surface area contributed by atoms with Crippen molar-refractivity contribution in [3.05, 3.63) is 82.9 Å². The van der Waals surface area contributed by atoms with Crippen molar-refractivity contribution in [1.82, 2.24) is 4.90 Å². The molecule has 1 heterocycles. The summed E-state index contributed by atoms with van der Waals surface area (Å²) >= 11 is 6.14. The number of nitrogens with zero attached hydrogens (tertiary/aromatic N) is 2. The van der Waals surface area contributed by atoms with Crippen LogP contribution in [-0.2, 0) is 6.54 Å². The Bertz CT molecular complexity index is 1100. The summed E-state index contributed by atoms with van der Waals surface area (Å²) in [6, 6.07) is 21.1. The molecule has 0 atom stereocenters. The molecule has 3 aromatic carbocycles. The van der Waals surface area contributed by atoms with E-state index in [-0.39, 0.29) is 5.91 Å². The van der Waals surface area contributed by atoms with Crippen LogP contribution in [0.15, 0.2) is 66.7 Å². The van der Waals surface area contributed by atoms with Crippen LogP contribution in [0.1, 0.15) is 15.9 Å². The number of amides is 1. The monoisotopic (exact) mass is 465 g/mol. The summed E-state index contributed by atoms with van der Waals surface area (Å²) in [6.07, 6.45) is 0. The van der Waals surface area contributed by atoms with Gasteiger partial charge in [0.2, 0.25) is 0 Å². The molecule has 1 N–H and O–H groups in total. The molecule has 0 bridgehead atoms. The van der Waals surface area contributed by atoms with Crippen molar-refractivity contribution in [3.63, 3.8) is 0 Å². The van der Waals surface area contributed by atoms with E-state index in [2.05, 4.69) is 21.2 Å². The summed E-state index contributed by atoms with van der Waals surface area (Å²) in [6.45, 7) is 4.70. The number of halogens is 1. The van der Waals surface area contributed by atoms with Crippen LogP contribution in [0.2, 0.25) is 5.02 Å². The number of hydrogen-bond donors (Lipinski definition) is 1. The van der Waals surface area contributed by atoms with Gasteiger partial charge < -0.3 is 19.7 Å². The molecule has 1 amide bonds. The minimum absolute atomic E-state index is 0.173. The fourth-order valence-electron chi connectivity index (χ4n) is 4.01. The number of nitrogens with one attached hydrogen (secondary N) is 1. The highest BCUT2D eigenvalue weighted by atomic mass is 35.5. The number of carbonyl (C=O) groups excluding carboxylic acids is 1. The molecule has 4 rings (SSSR count). The lowest BCUT2D eigenvalue weighted by Gasteiger charge is -2.36. The van der Waals surface area contributed by atoms with Gasteiger partial charge in [0.1, 0.15) is 11.5 Å². The van der Waals surface area contributed by atoms with Crippen LogP contribution >= 0.6 is 11.6 Å². The standard InChI is InChI=1S/C26H28ClN3O3/c1-32-24-12-11-21(17-22(24)27)28-26(31)20-9-7-19(8-10-20)18-29-13-15-30(16-14-29)23-5-3-4-6-25(23)33-2/h3-12,17H,13-16,18H2,1-2H3,(H,28,31). The molecule has 0 radical (unpaired) electrons. The Morgan fingerprint density at radius 3 is 2.27 bits per heavy atom. The summed E-state index contributed by atoms with van der Waals surface area (Å²) in [4.78, 5) is 17.4. The fraction of sp³-hybridized carbons (Fsp3) is 0.269. The van der Waals surface area contributed by atoms with Gasteiger partial charge >= 0.3 is 0 Å². The van der Waals surface area contributed by atoms with Crippen molar-refractivity contribution < 1.29 is 14.3 Å². The van der Waals surface area contributed by atoms with Gasteiger partial charge in [0, 0.05) is 44.0 Å². The van der Waals surface area contributed by atoms with Gasteiger partial charge in [0.05, 0.1) is 24.9 Å². The quantitative estimate of drug-likeness (QED) is 0.536. The zero-order valence-corrected chi connectivity index (χ0v) is 19.6. The zero-order valence-electron chi connectivity index (χ0n) is 18.9. The van der Waals surface area contributed by atoms with Crippen LogP contribution in [0, 0.1) is 0 Å². The predicted octanol–water partition coefficient (Wildman–Crippen LogP) is 4.93. The minimum Gasteiger partial charge on any atom is -0.495 e. The molecule has 1 aliphatic heterocycles. The Balaban J connectivity index is 1.31. The molecule has 3 aromatic rings. The first-order valence-corrected chi connectivity index (χ1v) is 11.3. The fourth-order valence-corrected chi connectivity index (χ4v) is 4.26. The zero-order chi connectivity index (χ0) is 23.2. The largest absolute Gasteiger partial charge is 0.495 e. The maximum Gasteiger partial charge on any atom is 0.255 e. The summed E-state index contributed by atoms with van der Waals surface area (Å²) in [5.74, 6) is 1.31. The van der Waals surface area contributed by atoms with Gasteiger partial charge in [0.15, 0.2) is 0 Å². The van der Waals surface area contributed by atoms with Gasteiger partial charge in [-0.15, -0.1) is 0 Å². The number of rotatable bonds is 7. The normalized spacial score (nSPS) is 14.1. The number of benzene rings is 3. The van der Waals surface area contributed by atoms with Crippen LogP contribution in [0.4, 0.5) is 11.4 Å². The molecule has 33 heavy (non-hydrogen) atoms. The molecule has 6 nitrogen and oxygen atoms in total. The molecule has 0 aromatic heterocycles. The van der Waals surface area contributed by atoms with Crippen molar-refractivity contribution in [3.8, 4) is 11.5 Å². The lowest BCUT2D eigenvalue weighted by atomic mass is 10.1. The number of anilines is 2. The van der Waals surface area contributed by atoms with Crippen molar-refractivity contribution in [2.75, 3.05) is 50.6 Å². The van der Waals surface area contributed by atoms with Crippen molar-refractivity contribution in [2.24, 2.45) is 0 Å². The Kier molecular flexibility index (Phi) is 7.37. The number of carbonyl (C=O) groups is 1. The number of piperazine rings is 1. The number of hydrogen-bond acceptors (Lipinski definition) is 5. The van der Waals surface area contributed by atoms with E-state index in [0.29, 0.717) is 22.0 Å². The summed E-state index contributed by atoms with van der Waals surface area (Å²) in [7, 11) is 3.27. The van der Waals surface area contributed by atoms with Crippen LogP contribution in [0.25, 0.3) is 0 Å². The molecular formula is C26H28ClN3O3.